The van der Waals surface area contributed by atoms with Crippen molar-refractivity contribution >= 4 is 85.3 Å². The first-order valence-electron chi connectivity index (χ1n) is 7.04. The minimum Gasteiger partial charge on any atom is -0.550 e. The summed E-state index contributed by atoms with van der Waals surface area (Å²) in [5.41, 5.74) is 1.94. The summed E-state index contributed by atoms with van der Waals surface area (Å²) in [6.45, 7) is 2.60. The Morgan fingerprint density at radius 3 is 2.48 bits per heavy atom. The molecule has 0 aliphatic carbocycles. The molecule has 2 rings (SSSR count). The van der Waals surface area contributed by atoms with E-state index in [0.29, 0.717) is 19.3 Å². The van der Waals surface area contributed by atoms with Gasteiger partial charge in [-0.25, -0.2) is 0 Å². The van der Waals surface area contributed by atoms with E-state index in [4.69, 9.17) is 0 Å². The van der Waals surface area contributed by atoms with E-state index in [1.807, 2.05) is 17.9 Å². The van der Waals surface area contributed by atoms with Gasteiger partial charge in [-0.15, -0.1) is 0 Å². The summed E-state index contributed by atoms with van der Waals surface area (Å²) in [7, 11) is 0. The zero-order valence-electron chi connectivity index (χ0n) is 13.0. The van der Waals surface area contributed by atoms with Gasteiger partial charge in [-0.1, -0.05) is 6.92 Å². The smallest absolute Gasteiger partial charge is 0.550 e. The van der Waals surface area contributed by atoms with E-state index in [1.54, 1.807) is 0 Å². The molecule has 23 heavy (non-hydrogen) atoms. The van der Waals surface area contributed by atoms with Crippen LogP contribution in [0.15, 0.2) is 6.07 Å². The van der Waals surface area contributed by atoms with E-state index in [1.165, 1.54) is 0 Å². The van der Waals surface area contributed by atoms with Crippen LogP contribution in [0, 0.1) is 16.6 Å². The summed E-state index contributed by atoms with van der Waals surface area (Å²) in [4.78, 5) is 25.1. The molecule has 0 aromatic heterocycles. The molecule has 1 aliphatic heterocycles. The van der Waals surface area contributed by atoms with E-state index in [0.717, 1.165) is 34.9 Å². The normalized spacial score (nSPS) is 15.5. The number of carbonyl (C=O) groups excluding carboxylic acids is 2. The molecule has 1 aliphatic rings. The molecular weight excluding hydrogens is 646 g/mol. The van der Waals surface area contributed by atoms with E-state index in [2.05, 4.69) is 67.8 Å². The number of nitrogens with zero attached hydrogens (tertiary/aromatic N) is 1. The van der Waals surface area contributed by atoms with Crippen LogP contribution in [0.25, 0.3) is 0 Å². The number of hydrogen-bond acceptors (Lipinski definition) is 3. The Bertz CT molecular complexity index is 624. The molecule has 1 aromatic carbocycles. The van der Waals surface area contributed by atoms with Crippen LogP contribution in [0.4, 0.5) is 5.69 Å². The summed E-state index contributed by atoms with van der Waals surface area (Å²) in [5.74, 6) is -1.36. The maximum Gasteiger partial charge on any atom is 1.00 e. The van der Waals surface area contributed by atoms with Crippen LogP contribution in [-0.2, 0) is 16.0 Å². The van der Waals surface area contributed by atoms with Gasteiger partial charge in [0.15, 0.2) is 0 Å². The summed E-state index contributed by atoms with van der Waals surface area (Å²) in [6.07, 6.45) is 2.45. The fraction of sp³-hybridized carbons (Fsp3) is 0.467. The molecule has 8 heteroatoms. The molecule has 1 atom stereocenters. The molecule has 1 fully saturated rings. The Labute approximate surface area is 199 Å². The van der Waals surface area contributed by atoms with Gasteiger partial charge < -0.3 is 14.8 Å². The maximum absolute atomic E-state index is 12.1. The first-order valence-corrected chi connectivity index (χ1v) is 10.3. The molecule has 1 amide bonds. The Balaban J connectivity index is 0.00000264. The van der Waals surface area contributed by atoms with Gasteiger partial charge >= 0.3 is 29.6 Å². The molecule has 1 saturated heterocycles. The van der Waals surface area contributed by atoms with Crippen LogP contribution in [0.3, 0.4) is 0 Å². The first-order chi connectivity index (χ1) is 10.4. The van der Waals surface area contributed by atoms with Crippen LogP contribution in [0.5, 0.6) is 0 Å². The number of benzene rings is 1. The van der Waals surface area contributed by atoms with Gasteiger partial charge in [0, 0.05) is 35.6 Å². The van der Waals surface area contributed by atoms with Crippen molar-refractivity contribution in [2.75, 3.05) is 11.4 Å². The third kappa shape index (κ3) is 5.18. The van der Waals surface area contributed by atoms with Gasteiger partial charge in [0.05, 0.1) is 5.69 Å². The average molecular weight is 661 g/mol. The van der Waals surface area contributed by atoms with Crippen molar-refractivity contribution in [1.29, 1.82) is 0 Å². The number of anilines is 1. The molecule has 120 valence electrons. The monoisotopic (exact) mass is 661 g/mol. The van der Waals surface area contributed by atoms with Crippen molar-refractivity contribution in [2.24, 2.45) is 5.92 Å². The molecule has 1 heterocycles. The fourth-order valence-corrected chi connectivity index (χ4v) is 6.97. The molecular formula is C15H15I3NNaO3. The van der Waals surface area contributed by atoms with E-state index >= 15 is 0 Å². The number of aliphatic carboxylic acids is 1. The van der Waals surface area contributed by atoms with Gasteiger partial charge in [0.2, 0.25) is 5.91 Å². The standard InChI is InChI=1S/C15H16I3NO3.Na/c1-2-8(15(21)22)6-9-10(16)7-11(17)14(13(9)18)19-5-3-4-12(19)20;/h7-8H,2-6H2,1H3,(H,21,22);/q;+1/p-1. The van der Waals surface area contributed by atoms with Gasteiger partial charge in [0.1, 0.15) is 0 Å². The van der Waals surface area contributed by atoms with E-state index in [-0.39, 0.29) is 35.5 Å². The summed E-state index contributed by atoms with van der Waals surface area (Å²) < 4.78 is 3.07. The second kappa shape index (κ2) is 9.89. The Morgan fingerprint density at radius 2 is 2.00 bits per heavy atom. The molecule has 0 N–H and O–H groups in total. The molecule has 1 unspecified atom stereocenters. The zero-order chi connectivity index (χ0) is 16.4. The molecule has 0 spiro atoms. The van der Waals surface area contributed by atoms with Crippen molar-refractivity contribution in [3.05, 3.63) is 22.3 Å². The number of carbonyl (C=O) groups is 2. The summed E-state index contributed by atoms with van der Waals surface area (Å²) in [6, 6.07) is 2.03. The number of rotatable bonds is 5. The number of carboxylic acid groups (broad SMARTS) is 1. The minimum absolute atomic E-state index is 0. The second-order valence-corrected chi connectivity index (χ2v) is 8.66. The van der Waals surface area contributed by atoms with Crippen LogP contribution < -0.4 is 39.6 Å². The zero-order valence-corrected chi connectivity index (χ0v) is 21.5. The predicted octanol–water partition coefficient (Wildman–Crippen LogP) is -0.0502. The third-order valence-corrected chi connectivity index (χ3v) is 6.81. The fourth-order valence-electron chi connectivity index (χ4n) is 2.58. The SMILES string of the molecule is CCC(Cc1c(I)cc(I)c(N2CCCC2=O)c1I)C(=O)[O-].[Na+]. The second-order valence-electron chi connectivity index (χ2n) is 5.26. The number of carboxylic acids is 1. The van der Waals surface area contributed by atoms with Crippen LogP contribution in [0.1, 0.15) is 31.7 Å². The Morgan fingerprint density at radius 1 is 1.35 bits per heavy atom. The quantitative estimate of drug-likeness (QED) is 0.329. The van der Waals surface area contributed by atoms with Gasteiger partial charge in [-0.3, -0.25) is 4.79 Å². The van der Waals surface area contributed by atoms with Gasteiger partial charge in [-0.05, 0) is 98.7 Å². The van der Waals surface area contributed by atoms with Crippen LogP contribution in [-0.4, -0.2) is 18.4 Å². The number of halogens is 3. The number of hydrogen-bond donors (Lipinski definition) is 0. The van der Waals surface area contributed by atoms with E-state index < -0.39 is 11.9 Å². The molecule has 0 radical (unpaired) electrons. The van der Waals surface area contributed by atoms with Crippen LogP contribution in [0.2, 0.25) is 0 Å². The maximum atomic E-state index is 12.1. The topological polar surface area (TPSA) is 60.4 Å². The first kappa shape index (κ1) is 22.4. The average Bonchev–Trinajstić information content (AvgIpc) is 2.84. The number of amides is 1. The predicted molar refractivity (Wildman–Crippen MR) is 109 cm³/mol. The molecule has 4 nitrogen and oxygen atoms in total. The third-order valence-electron chi connectivity index (χ3n) is 3.86. The van der Waals surface area contributed by atoms with Crippen LogP contribution >= 0.6 is 67.8 Å². The van der Waals surface area contributed by atoms with Crippen molar-refractivity contribution in [3.63, 3.8) is 0 Å². The van der Waals surface area contributed by atoms with Gasteiger partial charge in [-0.2, -0.15) is 0 Å². The van der Waals surface area contributed by atoms with E-state index in [9.17, 15) is 14.7 Å². The molecule has 0 saturated carbocycles. The van der Waals surface area contributed by atoms with Crippen molar-refractivity contribution in [3.8, 4) is 0 Å². The largest absolute Gasteiger partial charge is 1.00 e. The van der Waals surface area contributed by atoms with Gasteiger partial charge in [0.25, 0.3) is 0 Å². The minimum atomic E-state index is -1.01. The van der Waals surface area contributed by atoms with Crippen molar-refractivity contribution < 1.29 is 44.3 Å². The summed E-state index contributed by atoms with van der Waals surface area (Å²) in [5, 5.41) is 11.2. The van der Waals surface area contributed by atoms with Crippen molar-refractivity contribution in [2.45, 2.75) is 32.6 Å². The summed E-state index contributed by atoms with van der Waals surface area (Å²) >= 11 is 6.74. The molecule has 0 bridgehead atoms. The Kier molecular flexibility index (Phi) is 9.62. The van der Waals surface area contributed by atoms with Crippen molar-refractivity contribution in [1.82, 2.24) is 0 Å². The Hall–Kier alpha value is 1.35. The molecule has 1 aromatic rings.